The molecule has 0 bridgehead atoms. The Hall–Kier alpha value is -0.900. The highest BCUT2D eigenvalue weighted by molar-refractivity contribution is 4.93. The van der Waals surface area contributed by atoms with E-state index in [4.69, 9.17) is 5.73 Å². The highest BCUT2D eigenvalue weighted by Gasteiger charge is 2.30. The molecule has 1 aliphatic rings. The second-order valence-corrected chi connectivity index (χ2v) is 4.03. The lowest BCUT2D eigenvalue weighted by Gasteiger charge is -2.35. The Balaban J connectivity index is 1.97. The van der Waals surface area contributed by atoms with Crippen molar-refractivity contribution in [2.45, 2.75) is 32.7 Å². The van der Waals surface area contributed by atoms with E-state index in [1.54, 1.807) is 6.33 Å². The van der Waals surface area contributed by atoms with Gasteiger partial charge in [-0.25, -0.2) is 4.98 Å². The van der Waals surface area contributed by atoms with E-state index in [0.717, 1.165) is 37.2 Å². The van der Waals surface area contributed by atoms with Gasteiger partial charge in [-0.2, -0.15) is 5.10 Å². The van der Waals surface area contributed by atoms with Crippen molar-refractivity contribution < 1.29 is 0 Å². The first kappa shape index (κ1) is 9.65. The number of aromatic nitrogens is 3. The molecule has 4 nitrogen and oxygen atoms in total. The van der Waals surface area contributed by atoms with Gasteiger partial charge in [-0.15, -0.1) is 0 Å². The lowest BCUT2D eigenvalue weighted by atomic mass is 9.72. The standard InChI is InChI=1S/C10H18N4/c1-2-14-10(12-7-13-14)5-8-3-4-9(8)6-11/h7-9H,2-6,11H2,1H3. The van der Waals surface area contributed by atoms with E-state index in [1.165, 1.54) is 12.8 Å². The van der Waals surface area contributed by atoms with Crippen molar-refractivity contribution in [3.05, 3.63) is 12.2 Å². The van der Waals surface area contributed by atoms with Crippen LogP contribution in [0.25, 0.3) is 0 Å². The Bertz CT molecular complexity index is 292. The fourth-order valence-corrected chi connectivity index (χ4v) is 2.16. The van der Waals surface area contributed by atoms with Gasteiger partial charge in [0.25, 0.3) is 0 Å². The molecule has 2 rings (SSSR count). The van der Waals surface area contributed by atoms with Crippen molar-refractivity contribution in [3.8, 4) is 0 Å². The number of hydrogen-bond acceptors (Lipinski definition) is 3. The molecule has 78 valence electrons. The highest BCUT2D eigenvalue weighted by Crippen LogP contribution is 2.35. The van der Waals surface area contributed by atoms with Crippen LogP contribution in [0.2, 0.25) is 0 Å². The summed E-state index contributed by atoms with van der Waals surface area (Å²) >= 11 is 0. The summed E-state index contributed by atoms with van der Waals surface area (Å²) in [6.45, 7) is 3.83. The van der Waals surface area contributed by atoms with E-state index in [1.807, 2.05) is 4.68 Å². The molecule has 2 unspecified atom stereocenters. The zero-order valence-corrected chi connectivity index (χ0v) is 8.69. The van der Waals surface area contributed by atoms with Gasteiger partial charge in [-0.05, 0) is 38.1 Å². The third-order valence-electron chi connectivity index (χ3n) is 3.32. The van der Waals surface area contributed by atoms with E-state index in [2.05, 4.69) is 17.0 Å². The smallest absolute Gasteiger partial charge is 0.138 e. The summed E-state index contributed by atoms with van der Waals surface area (Å²) in [6.07, 6.45) is 5.30. The van der Waals surface area contributed by atoms with Crippen molar-refractivity contribution in [1.82, 2.24) is 14.8 Å². The van der Waals surface area contributed by atoms with Crippen LogP contribution in [0, 0.1) is 11.8 Å². The second-order valence-electron chi connectivity index (χ2n) is 4.03. The first-order valence-corrected chi connectivity index (χ1v) is 5.42. The van der Waals surface area contributed by atoms with Crippen molar-refractivity contribution >= 4 is 0 Å². The maximum Gasteiger partial charge on any atom is 0.138 e. The number of aryl methyl sites for hydroxylation is 1. The van der Waals surface area contributed by atoms with Gasteiger partial charge in [0.05, 0.1) is 0 Å². The minimum Gasteiger partial charge on any atom is -0.330 e. The van der Waals surface area contributed by atoms with Gasteiger partial charge in [0.15, 0.2) is 0 Å². The Morgan fingerprint density at radius 2 is 2.29 bits per heavy atom. The molecule has 1 fully saturated rings. The van der Waals surface area contributed by atoms with Crippen LogP contribution < -0.4 is 5.73 Å². The Labute approximate surface area is 84.5 Å². The molecular weight excluding hydrogens is 176 g/mol. The molecule has 0 spiro atoms. The number of nitrogens with zero attached hydrogens (tertiary/aromatic N) is 3. The summed E-state index contributed by atoms with van der Waals surface area (Å²) in [6, 6.07) is 0. The molecule has 0 saturated heterocycles. The normalized spacial score (nSPS) is 26.1. The lowest BCUT2D eigenvalue weighted by Crippen LogP contribution is -2.34. The molecule has 0 amide bonds. The van der Waals surface area contributed by atoms with Gasteiger partial charge in [0, 0.05) is 13.0 Å². The number of hydrogen-bond donors (Lipinski definition) is 1. The van der Waals surface area contributed by atoms with Crippen LogP contribution in [-0.4, -0.2) is 21.3 Å². The minimum atomic E-state index is 0.719. The molecular formula is C10H18N4. The molecule has 2 N–H and O–H groups in total. The summed E-state index contributed by atoms with van der Waals surface area (Å²) < 4.78 is 1.98. The van der Waals surface area contributed by atoms with Crippen LogP contribution in [0.1, 0.15) is 25.6 Å². The third-order valence-corrected chi connectivity index (χ3v) is 3.32. The monoisotopic (exact) mass is 194 g/mol. The van der Waals surface area contributed by atoms with Crippen molar-refractivity contribution in [2.75, 3.05) is 6.54 Å². The molecule has 1 aromatic rings. The molecule has 1 heterocycles. The maximum absolute atomic E-state index is 5.68. The molecule has 4 heteroatoms. The van der Waals surface area contributed by atoms with Crippen LogP contribution in [0.5, 0.6) is 0 Å². The van der Waals surface area contributed by atoms with Gasteiger partial charge in [-0.1, -0.05) is 0 Å². The van der Waals surface area contributed by atoms with Crippen LogP contribution in [0.15, 0.2) is 6.33 Å². The van der Waals surface area contributed by atoms with Crippen LogP contribution in [-0.2, 0) is 13.0 Å². The topological polar surface area (TPSA) is 56.7 Å². The molecule has 1 saturated carbocycles. The van der Waals surface area contributed by atoms with Crippen molar-refractivity contribution in [1.29, 1.82) is 0 Å². The van der Waals surface area contributed by atoms with E-state index >= 15 is 0 Å². The first-order valence-electron chi connectivity index (χ1n) is 5.42. The van der Waals surface area contributed by atoms with Gasteiger partial charge < -0.3 is 5.73 Å². The fraction of sp³-hybridized carbons (Fsp3) is 0.800. The average Bonchev–Trinajstić information content (AvgIpc) is 2.60. The molecule has 0 aromatic carbocycles. The lowest BCUT2D eigenvalue weighted by molar-refractivity contribution is 0.178. The molecule has 1 aliphatic carbocycles. The summed E-state index contributed by atoms with van der Waals surface area (Å²) in [5, 5.41) is 4.17. The number of nitrogens with two attached hydrogens (primary N) is 1. The largest absolute Gasteiger partial charge is 0.330 e. The van der Waals surface area contributed by atoms with Gasteiger partial charge in [-0.3, -0.25) is 4.68 Å². The summed E-state index contributed by atoms with van der Waals surface area (Å²) in [4.78, 5) is 4.29. The predicted molar refractivity (Wildman–Crippen MR) is 54.7 cm³/mol. The highest BCUT2D eigenvalue weighted by atomic mass is 15.3. The van der Waals surface area contributed by atoms with Gasteiger partial charge in [0.2, 0.25) is 0 Å². The third kappa shape index (κ3) is 1.66. The first-order chi connectivity index (χ1) is 6.85. The quantitative estimate of drug-likeness (QED) is 0.772. The molecule has 1 aromatic heterocycles. The molecule has 14 heavy (non-hydrogen) atoms. The summed E-state index contributed by atoms with van der Waals surface area (Å²) in [5.41, 5.74) is 5.68. The predicted octanol–water partition coefficient (Wildman–Crippen LogP) is 0.825. The molecule has 0 radical (unpaired) electrons. The minimum absolute atomic E-state index is 0.719. The van der Waals surface area contributed by atoms with E-state index < -0.39 is 0 Å². The average molecular weight is 194 g/mol. The summed E-state index contributed by atoms with van der Waals surface area (Å²) in [7, 11) is 0. The molecule has 2 atom stereocenters. The van der Waals surface area contributed by atoms with Crippen LogP contribution in [0.3, 0.4) is 0 Å². The van der Waals surface area contributed by atoms with Gasteiger partial charge in [0.1, 0.15) is 12.2 Å². The summed E-state index contributed by atoms with van der Waals surface area (Å²) in [5.74, 6) is 2.59. The SMILES string of the molecule is CCn1ncnc1CC1CCC1CN. The van der Waals surface area contributed by atoms with E-state index in [0.29, 0.717) is 0 Å². The Morgan fingerprint density at radius 3 is 2.86 bits per heavy atom. The van der Waals surface area contributed by atoms with Gasteiger partial charge >= 0.3 is 0 Å². The number of rotatable bonds is 4. The second kappa shape index (κ2) is 4.09. The Morgan fingerprint density at radius 1 is 1.50 bits per heavy atom. The van der Waals surface area contributed by atoms with E-state index in [9.17, 15) is 0 Å². The van der Waals surface area contributed by atoms with E-state index in [-0.39, 0.29) is 0 Å². The Kier molecular flexibility index (Phi) is 2.82. The zero-order valence-electron chi connectivity index (χ0n) is 8.69. The molecule has 0 aliphatic heterocycles. The maximum atomic E-state index is 5.68. The van der Waals surface area contributed by atoms with Crippen LogP contribution >= 0.6 is 0 Å². The van der Waals surface area contributed by atoms with Crippen molar-refractivity contribution in [3.63, 3.8) is 0 Å². The van der Waals surface area contributed by atoms with Crippen LogP contribution in [0.4, 0.5) is 0 Å². The fourth-order valence-electron chi connectivity index (χ4n) is 2.16. The zero-order chi connectivity index (χ0) is 9.97. The van der Waals surface area contributed by atoms with Crippen molar-refractivity contribution in [2.24, 2.45) is 17.6 Å².